The van der Waals surface area contributed by atoms with Gasteiger partial charge in [-0.05, 0) is 50.0 Å². The highest BCUT2D eigenvalue weighted by atomic mass is 16.4. The van der Waals surface area contributed by atoms with E-state index in [9.17, 15) is 4.79 Å². The molecule has 4 heteroatoms. The smallest absolute Gasteiger partial charge is 0.304 e. The minimum Gasteiger partial charge on any atom is -0.481 e. The van der Waals surface area contributed by atoms with Crippen LogP contribution in [-0.2, 0) is 4.79 Å². The maximum Gasteiger partial charge on any atom is 0.304 e. The van der Waals surface area contributed by atoms with E-state index in [0.717, 1.165) is 19.3 Å². The van der Waals surface area contributed by atoms with E-state index in [1.54, 1.807) is 5.57 Å². The molecule has 0 heterocycles. The van der Waals surface area contributed by atoms with Crippen molar-refractivity contribution in [1.82, 2.24) is 10.6 Å². The lowest BCUT2D eigenvalue weighted by molar-refractivity contribution is -0.136. The van der Waals surface area contributed by atoms with Crippen LogP contribution in [0.4, 0.5) is 0 Å². The number of benzene rings is 1. The molecule has 4 nitrogen and oxygen atoms in total. The van der Waals surface area contributed by atoms with Crippen molar-refractivity contribution in [2.75, 3.05) is 6.54 Å². The van der Waals surface area contributed by atoms with E-state index in [1.165, 1.54) is 24.8 Å². The van der Waals surface area contributed by atoms with Crippen LogP contribution in [0, 0.1) is 5.92 Å². The lowest BCUT2D eigenvalue weighted by atomic mass is 9.91. The summed E-state index contributed by atoms with van der Waals surface area (Å²) in [6.07, 6.45) is 9.66. The standard InChI is InChI=1S/C22H32N2O2/c1-2-17(14-16-6-4-3-5-7-16)20-15-21(20)24-19-10-8-18(9-11-19)23-13-12-22(25)26/h3-7,14,18-21,23-24H,2,8-13,15H2,1H3,(H,25,26)/b17-14+/t18-,19+,20-,21?/m0/s1. The third kappa shape index (κ3) is 5.68. The molecule has 1 unspecified atom stereocenters. The van der Waals surface area contributed by atoms with Gasteiger partial charge in [0.15, 0.2) is 0 Å². The highest BCUT2D eigenvalue weighted by Gasteiger charge is 2.40. The van der Waals surface area contributed by atoms with Gasteiger partial charge < -0.3 is 15.7 Å². The van der Waals surface area contributed by atoms with Crippen molar-refractivity contribution in [3.63, 3.8) is 0 Å². The summed E-state index contributed by atoms with van der Waals surface area (Å²) in [5, 5.41) is 16.0. The second kappa shape index (κ2) is 9.33. The quantitative estimate of drug-likeness (QED) is 0.629. The summed E-state index contributed by atoms with van der Waals surface area (Å²) in [6.45, 7) is 2.85. The van der Waals surface area contributed by atoms with E-state index in [4.69, 9.17) is 5.11 Å². The molecular formula is C22H32N2O2. The molecule has 0 bridgehead atoms. The van der Waals surface area contributed by atoms with Gasteiger partial charge in [0.1, 0.15) is 0 Å². The van der Waals surface area contributed by atoms with Gasteiger partial charge in [0, 0.05) is 24.7 Å². The Hall–Kier alpha value is -1.65. The zero-order chi connectivity index (χ0) is 18.4. The Morgan fingerprint density at radius 3 is 2.50 bits per heavy atom. The van der Waals surface area contributed by atoms with Crippen LogP contribution in [0.1, 0.15) is 57.4 Å². The van der Waals surface area contributed by atoms with Crippen LogP contribution < -0.4 is 10.6 Å². The van der Waals surface area contributed by atoms with Crippen LogP contribution in [0.25, 0.3) is 6.08 Å². The van der Waals surface area contributed by atoms with E-state index in [2.05, 4.69) is 54.0 Å². The average Bonchev–Trinajstić information content (AvgIpc) is 3.40. The average molecular weight is 357 g/mol. The molecule has 3 N–H and O–H groups in total. The number of aliphatic carboxylic acids is 1. The summed E-state index contributed by atoms with van der Waals surface area (Å²) in [5.74, 6) is -0.0189. The molecule has 2 fully saturated rings. The fourth-order valence-electron chi connectivity index (χ4n) is 4.17. The highest BCUT2D eigenvalue weighted by molar-refractivity contribution is 5.66. The first kappa shape index (κ1) is 19.1. The summed E-state index contributed by atoms with van der Waals surface area (Å²) in [6, 6.07) is 12.4. The summed E-state index contributed by atoms with van der Waals surface area (Å²) < 4.78 is 0. The third-order valence-electron chi connectivity index (χ3n) is 5.78. The Bertz CT molecular complexity index is 606. The molecule has 0 saturated heterocycles. The van der Waals surface area contributed by atoms with Crippen molar-refractivity contribution in [1.29, 1.82) is 0 Å². The summed E-state index contributed by atoms with van der Waals surface area (Å²) in [5.41, 5.74) is 2.88. The molecule has 1 aromatic rings. The van der Waals surface area contributed by atoms with E-state index >= 15 is 0 Å². The first-order chi connectivity index (χ1) is 12.7. The molecule has 0 spiro atoms. The summed E-state index contributed by atoms with van der Waals surface area (Å²) in [4.78, 5) is 10.6. The second-order valence-electron chi connectivity index (χ2n) is 7.75. The molecule has 0 amide bonds. The van der Waals surface area contributed by atoms with Crippen LogP contribution in [0.15, 0.2) is 35.9 Å². The second-order valence-corrected chi connectivity index (χ2v) is 7.75. The fraction of sp³-hybridized carbons (Fsp3) is 0.591. The van der Waals surface area contributed by atoms with E-state index < -0.39 is 5.97 Å². The first-order valence-electron chi connectivity index (χ1n) is 10.1. The molecule has 0 aliphatic heterocycles. The number of nitrogens with one attached hydrogen (secondary N) is 2. The number of rotatable bonds is 9. The minimum atomic E-state index is -0.720. The molecule has 2 aliphatic carbocycles. The van der Waals surface area contributed by atoms with Crippen LogP contribution >= 0.6 is 0 Å². The van der Waals surface area contributed by atoms with Crippen LogP contribution in [0.3, 0.4) is 0 Å². The molecule has 142 valence electrons. The third-order valence-corrected chi connectivity index (χ3v) is 5.78. The number of carboxylic acid groups (broad SMARTS) is 1. The molecule has 3 rings (SSSR count). The van der Waals surface area contributed by atoms with Gasteiger partial charge in [0.2, 0.25) is 0 Å². The lowest BCUT2D eigenvalue weighted by Gasteiger charge is -2.30. The largest absolute Gasteiger partial charge is 0.481 e. The first-order valence-corrected chi connectivity index (χ1v) is 10.1. The normalized spacial score (nSPS) is 28.7. The predicted octanol–water partition coefficient (Wildman–Crippen LogP) is 3.83. The molecule has 26 heavy (non-hydrogen) atoms. The molecule has 0 aromatic heterocycles. The van der Waals surface area contributed by atoms with Gasteiger partial charge >= 0.3 is 5.97 Å². The Kier molecular flexibility index (Phi) is 6.86. The van der Waals surface area contributed by atoms with Crippen molar-refractivity contribution in [3.05, 3.63) is 41.5 Å². The van der Waals surface area contributed by atoms with Crippen LogP contribution in [-0.4, -0.2) is 35.7 Å². The van der Waals surface area contributed by atoms with Crippen molar-refractivity contribution < 1.29 is 9.90 Å². The summed E-state index contributed by atoms with van der Waals surface area (Å²) >= 11 is 0. The van der Waals surface area contributed by atoms with Gasteiger partial charge in [-0.2, -0.15) is 0 Å². The topological polar surface area (TPSA) is 61.4 Å². The Morgan fingerprint density at radius 2 is 1.85 bits per heavy atom. The molecular weight excluding hydrogens is 324 g/mol. The Morgan fingerprint density at radius 1 is 1.15 bits per heavy atom. The van der Waals surface area contributed by atoms with E-state index in [1.807, 2.05) is 0 Å². The van der Waals surface area contributed by atoms with Gasteiger partial charge in [-0.25, -0.2) is 0 Å². The minimum absolute atomic E-state index is 0.218. The lowest BCUT2D eigenvalue weighted by Crippen LogP contribution is -2.41. The zero-order valence-electron chi connectivity index (χ0n) is 15.8. The number of hydrogen-bond donors (Lipinski definition) is 3. The summed E-state index contributed by atoms with van der Waals surface area (Å²) in [7, 11) is 0. The van der Waals surface area contributed by atoms with Gasteiger partial charge in [0.05, 0.1) is 6.42 Å². The maximum atomic E-state index is 10.6. The molecule has 2 aliphatic rings. The molecule has 0 radical (unpaired) electrons. The van der Waals surface area contributed by atoms with Crippen molar-refractivity contribution in [2.45, 2.75) is 70.0 Å². The molecule has 1 aromatic carbocycles. The van der Waals surface area contributed by atoms with Crippen molar-refractivity contribution >= 4 is 12.0 Å². The fourth-order valence-corrected chi connectivity index (χ4v) is 4.17. The monoisotopic (exact) mass is 356 g/mol. The van der Waals surface area contributed by atoms with E-state index in [-0.39, 0.29) is 6.42 Å². The zero-order valence-corrected chi connectivity index (χ0v) is 15.8. The Labute approximate surface area is 157 Å². The van der Waals surface area contributed by atoms with Crippen LogP contribution in [0.5, 0.6) is 0 Å². The SMILES string of the molecule is CC/C(=C\c1ccccc1)[C@@H]1CC1N[C@H]1CC[C@@H](NCCC(=O)O)CC1. The van der Waals surface area contributed by atoms with Crippen molar-refractivity contribution in [3.8, 4) is 0 Å². The number of carboxylic acids is 1. The van der Waals surface area contributed by atoms with Gasteiger partial charge in [-0.3, -0.25) is 4.79 Å². The highest BCUT2D eigenvalue weighted by Crippen LogP contribution is 2.40. The molecule has 2 saturated carbocycles. The van der Waals surface area contributed by atoms with E-state index in [0.29, 0.717) is 30.6 Å². The molecule has 2 atom stereocenters. The number of carbonyl (C=O) groups is 1. The van der Waals surface area contributed by atoms with Crippen molar-refractivity contribution in [2.24, 2.45) is 5.92 Å². The van der Waals surface area contributed by atoms with Gasteiger partial charge in [-0.1, -0.05) is 48.9 Å². The van der Waals surface area contributed by atoms with Gasteiger partial charge in [-0.15, -0.1) is 0 Å². The predicted molar refractivity (Wildman–Crippen MR) is 106 cm³/mol. The van der Waals surface area contributed by atoms with Crippen LogP contribution in [0.2, 0.25) is 0 Å². The Balaban J connectivity index is 1.40. The van der Waals surface area contributed by atoms with Gasteiger partial charge in [0.25, 0.3) is 0 Å². The maximum absolute atomic E-state index is 10.6. The number of hydrogen-bond acceptors (Lipinski definition) is 3.